The Balaban J connectivity index is 1.98. The number of imidazole rings is 1. The number of nitrogens with two attached hydrogens (primary N) is 1. The lowest BCUT2D eigenvalue weighted by molar-refractivity contribution is 0.697. The van der Waals surface area contributed by atoms with Gasteiger partial charge in [-0.25, -0.2) is 4.98 Å². The first-order valence-corrected chi connectivity index (χ1v) is 8.78. The van der Waals surface area contributed by atoms with Gasteiger partial charge in [0, 0.05) is 16.4 Å². The zero-order chi connectivity index (χ0) is 14.6. The van der Waals surface area contributed by atoms with E-state index in [1.807, 2.05) is 0 Å². The van der Waals surface area contributed by atoms with Gasteiger partial charge in [0.1, 0.15) is 5.82 Å². The Labute approximate surface area is 135 Å². The van der Waals surface area contributed by atoms with Crippen molar-refractivity contribution in [3.05, 3.63) is 33.1 Å². The first-order chi connectivity index (χ1) is 10.1. The Bertz CT molecular complexity index is 847. The second-order valence-corrected chi connectivity index (χ2v) is 7.63. The summed E-state index contributed by atoms with van der Waals surface area (Å²) < 4.78 is 3.22. The van der Waals surface area contributed by atoms with Crippen molar-refractivity contribution in [3.8, 4) is 11.4 Å². The highest BCUT2D eigenvalue weighted by molar-refractivity contribution is 9.10. The summed E-state index contributed by atoms with van der Waals surface area (Å²) in [7, 11) is 2.07. The second kappa shape index (κ2) is 4.85. The van der Waals surface area contributed by atoms with Crippen LogP contribution in [0.3, 0.4) is 0 Å². The normalized spacial score (nSPS) is 14.6. The maximum atomic E-state index is 6.33. The summed E-state index contributed by atoms with van der Waals surface area (Å²) in [6.07, 6.45) is 4.83. The van der Waals surface area contributed by atoms with E-state index in [1.165, 1.54) is 35.3 Å². The molecular formula is C16H16BrN3S. The molecule has 0 aliphatic heterocycles. The molecule has 0 amide bonds. The third-order valence-electron chi connectivity index (χ3n) is 4.27. The highest BCUT2D eigenvalue weighted by Crippen LogP contribution is 2.42. The van der Waals surface area contributed by atoms with E-state index < -0.39 is 0 Å². The molecule has 21 heavy (non-hydrogen) atoms. The monoisotopic (exact) mass is 361 g/mol. The highest BCUT2D eigenvalue weighted by Gasteiger charge is 2.23. The van der Waals surface area contributed by atoms with Crippen molar-refractivity contribution < 1.29 is 0 Å². The van der Waals surface area contributed by atoms with Gasteiger partial charge >= 0.3 is 0 Å². The summed E-state index contributed by atoms with van der Waals surface area (Å²) in [5.74, 6) is 1.00. The lowest BCUT2D eigenvalue weighted by Gasteiger charge is -2.12. The quantitative estimate of drug-likeness (QED) is 0.691. The number of halogens is 1. The number of thiophene rings is 1. The first-order valence-electron chi connectivity index (χ1n) is 7.17. The molecule has 0 atom stereocenters. The fourth-order valence-electron chi connectivity index (χ4n) is 3.23. The van der Waals surface area contributed by atoms with Crippen LogP contribution in [-0.4, -0.2) is 9.55 Å². The number of anilines is 1. The van der Waals surface area contributed by atoms with Gasteiger partial charge in [0.15, 0.2) is 0 Å². The van der Waals surface area contributed by atoms with Crippen molar-refractivity contribution in [3.63, 3.8) is 0 Å². The molecular weight excluding hydrogens is 346 g/mol. The van der Waals surface area contributed by atoms with Crippen LogP contribution < -0.4 is 5.73 Å². The summed E-state index contributed by atoms with van der Waals surface area (Å²) in [6.45, 7) is 0. The molecule has 1 aliphatic carbocycles. The van der Waals surface area contributed by atoms with Gasteiger partial charge in [0.05, 0.1) is 21.6 Å². The Morgan fingerprint density at radius 2 is 2.10 bits per heavy atom. The van der Waals surface area contributed by atoms with Crippen LogP contribution in [0.25, 0.3) is 22.4 Å². The van der Waals surface area contributed by atoms with Crippen LogP contribution in [0.5, 0.6) is 0 Å². The van der Waals surface area contributed by atoms with Crippen LogP contribution in [0.15, 0.2) is 22.7 Å². The molecule has 2 aromatic heterocycles. The van der Waals surface area contributed by atoms with E-state index in [4.69, 9.17) is 10.7 Å². The number of rotatable bonds is 1. The maximum absolute atomic E-state index is 6.33. The van der Waals surface area contributed by atoms with Crippen LogP contribution in [0.4, 0.5) is 5.00 Å². The van der Waals surface area contributed by atoms with Gasteiger partial charge in [-0.2, -0.15) is 0 Å². The molecule has 0 bridgehead atoms. The molecule has 1 aliphatic rings. The van der Waals surface area contributed by atoms with Gasteiger partial charge in [0.2, 0.25) is 0 Å². The van der Waals surface area contributed by atoms with Gasteiger partial charge in [-0.3, -0.25) is 0 Å². The van der Waals surface area contributed by atoms with E-state index in [-0.39, 0.29) is 0 Å². The lowest BCUT2D eigenvalue weighted by Crippen LogP contribution is -2.02. The standard InChI is InChI=1S/C16H16BrN3S/c1-20-12-7-6-9(17)8-11(12)19-16(20)14-10-4-2-3-5-13(10)21-15(14)18/h6-8H,2-5,18H2,1H3. The zero-order valence-electron chi connectivity index (χ0n) is 11.8. The lowest BCUT2D eigenvalue weighted by atomic mass is 9.95. The smallest absolute Gasteiger partial charge is 0.144 e. The fraction of sp³-hybridized carbons (Fsp3) is 0.312. The van der Waals surface area contributed by atoms with E-state index in [0.717, 1.165) is 32.8 Å². The molecule has 3 aromatic rings. The summed E-state index contributed by atoms with van der Waals surface area (Å²) in [4.78, 5) is 6.30. The maximum Gasteiger partial charge on any atom is 0.144 e. The minimum absolute atomic E-state index is 0.916. The van der Waals surface area contributed by atoms with Crippen molar-refractivity contribution in [1.82, 2.24) is 9.55 Å². The van der Waals surface area contributed by atoms with Gasteiger partial charge in [-0.1, -0.05) is 15.9 Å². The minimum atomic E-state index is 0.916. The van der Waals surface area contributed by atoms with Crippen LogP contribution in [0, 0.1) is 0 Å². The van der Waals surface area contributed by atoms with E-state index >= 15 is 0 Å². The largest absolute Gasteiger partial charge is 0.390 e. The topological polar surface area (TPSA) is 43.8 Å². The minimum Gasteiger partial charge on any atom is -0.390 e. The molecule has 0 unspecified atom stereocenters. The fourth-order valence-corrected chi connectivity index (χ4v) is 4.73. The third kappa shape index (κ3) is 2.02. The summed E-state index contributed by atoms with van der Waals surface area (Å²) in [6, 6.07) is 6.22. The van der Waals surface area contributed by atoms with Crippen molar-refractivity contribution in [2.24, 2.45) is 7.05 Å². The van der Waals surface area contributed by atoms with Gasteiger partial charge in [-0.05, 0) is 49.4 Å². The number of nitrogen functional groups attached to an aromatic ring is 1. The van der Waals surface area contributed by atoms with Crippen molar-refractivity contribution >= 4 is 43.3 Å². The van der Waals surface area contributed by atoms with Crippen LogP contribution in [-0.2, 0) is 19.9 Å². The first kappa shape index (κ1) is 13.3. The summed E-state index contributed by atoms with van der Waals surface area (Å²) >= 11 is 5.27. The number of nitrogens with zero attached hydrogens (tertiary/aromatic N) is 2. The predicted molar refractivity (Wildman–Crippen MR) is 92.8 cm³/mol. The van der Waals surface area contributed by atoms with E-state index in [0.29, 0.717) is 0 Å². The van der Waals surface area contributed by atoms with Gasteiger partial charge < -0.3 is 10.3 Å². The number of aryl methyl sites for hydroxylation is 2. The van der Waals surface area contributed by atoms with E-state index in [2.05, 4.69) is 45.7 Å². The number of hydrogen-bond acceptors (Lipinski definition) is 3. The molecule has 0 saturated heterocycles. The molecule has 2 N–H and O–H groups in total. The molecule has 0 saturated carbocycles. The van der Waals surface area contributed by atoms with Crippen molar-refractivity contribution in [1.29, 1.82) is 0 Å². The molecule has 0 spiro atoms. The predicted octanol–water partition coefficient (Wildman–Crippen LogP) is 4.53. The Hall–Kier alpha value is -1.33. The molecule has 3 nitrogen and oxygen atoms in total. The van der Waals surface area contributed by atoms with Gasteiger partial charge in [-0.15, -0.1) is 11.3 Å². The molecule has 0 radical (unpaired) electrons. The van der Waals surface area contributed by atoms with Crippen LogP contribution in [0.1, 0.15) is 23.3 Å². The molecule has 5 heteroatoms. The zero-order valence-corrected chi connectivity index (χ0v) is 14.2. The van der Waals surface area contributed by atoms with Crippen LogP contribution in [0.2, 0.25) is 0 Å². The van der Waals surface area contributed by atoms with Crippen molar-refractivity contribution in [2.75, 3.05) is 5.73 Å². The number of benzene rings is 1. The SMILES string of the molecule is Cn1c(-c2c(N)sc3c2CCCC3)nc2cc(Br)ccc21. The van der Waals surface area contributed by atoms with Crippen molar-refractivity contribution in [2.45, 2.75) is 25.7 Å². The molecule has 1 aromatic carbocycles. The Morgan fingerprint density at radius 1 is 1.29 bits per heavy atom. The van der Waals surface area contributed by atoms with E-state index in [1.54, 1.807) is 11.3 Å². The Morgan fingerprint density at radius 3 is 2.95 bits per heavy atom. The van der Waals surface area contributed by atoms with E-state index in [9.17, 15) is 0 Å². The summed E-state index contributed by atoms with van der Waals surface area (Å²) in [5.41, 5.74) is 11.1. The number of aromatic nitrogens is 2. The molecule has 4 rings (SSSR count). The summed E-state index contributed by atoms with van der Waals surface area (Å²) in [5, 5.41) is 0.916. The van der Waals surface area contributed by atoms with Crippen LogP contribution >= 0.6 is 27.3 Å². The third-order valence-corrected chi connectivity index (χ3v) is 5.88. The average molecular weight is 362 g/mol. The molecule has 0 fully saturated rings. The van der Waals surface area contributed by atoms with Gasteiger partial charge in [0.25, 0.3) is 0 Å². The molecule has 2 heterocycles. The highest BCUT2D eigenvalue weighted by atomic mass is 79.9. The Kier molecular flexibility index (Phi) is 3.08. The number of fused-ring (bicyclic) bond motifs is 2. The second-order valence-electron chi connectivity index (χ2n) is 5.58. The molecule has 108 valence electrons. The number of hydrogen-bond donors (Lipinski definition) is 1. The average Bonchev–Trinajstić information content (AvgIpc) is 2.95.